The summed E-state index contributed by atoms with van der Waals surface area (Å²) in [6, 6.07) is 7.33. The fraction of sp³-hybridized carbons (Fsp3) is 0.500. The maximum atomic E-state index is 12.7. The lowest BCUT2D eigenvalue weighted by atomic mass is 10.2. The van der Waals surface area contributed by atoms with Gasteiger partial charge in [0.25, 0.3) is 5.56 Å². The molecule has 0 atom stereocenters. The summed E-state index contributed by atoms with van der Waals surface area (Å²) in [5, 5.41) is 4.07. The lowest BCUT2D eigenvalue weighted by Crippen LogP contribution is -2.28. The van der Waals surface area contributed by atoms with Crippen LogP contribution < -0.4 is 10.9 Å². The molecule has 0 aliphatic carbocycles. The number of carbonyl (C=O) groups is 1. The van der Waals surface area contributed by atoms with Crippen molar-refractivity contribution in [1.82, 2.24) is 14.9 Å². The van der Waals surface area contributed by atoms with E-state index in [0.29, 0.717) is 35.8 Å². The van der Waals surface area contributed by atoms with Crippen LogP contribution >= 0.6 is 11.8 Å². The molecule has 1 amide bonds. The number of hydrogen-bond acceptors (Lipinski definition) is 5. The molecule has 1 heterocycles. The summed E-state index contributed by atoms with van der Waals surface area (Å²) in [5.74, 6) is 0.176. The van der Waals surface area contributed by atoms with Crippen LogP contribution in [0.5, 0.6) is 0 Å². The SMILES string of the molecule is CCCCn1c(SCC(=O)NCCCOC)nc2ccccc2c1=O. The fourth-order valence-electron chi connectivity index (χ4n) is 2.40. The molecular formula is C18H25N3O3S. The molecule has 2 aromatic rings. The molecule has 0 saturated heterocycles. The Balaban J connectivity index is 2.12. The van der Waals surface area contributed by atoms with Crippen molar-refractivity contribution in [3.05, 3.63) is 34.6 Å². The summed E-state index contributed by atoms with van der Waals surface area (Å²) in [7, 11) is 1.64. The average Bonchev–Trinajstić information content (AvgIpc) is 2.63. The van der Waals surface area contributed by atoms with Crippen molar-refractivity contribution >= 4 is 28.6 Å². The topological polar surface area (TPSA) is 73.2 Å². The largest absolute Gasteiger partial charge is 0.385 e. The van der Waals surface area contributed by atoms with E-state index in [4.69, 9.17) is 4.74 Å². The summed E-state index contributed by atoms with van der Waals surface area (Å²) in [6.07, 6.45) is 2.67. The standard InChI is InChI=1S/C18H25N3O3S/c1-3-4-11-21-17(23)14-8-5-6-9-15(14)20-18(21)25-13-16(22)19-10-7-12-24-2/h5-6,8-9H,3-4,7,10-13H2,1-2H3,(H,19,22). The zero-order chi connectivity index (χ0) is 18.1. The number of nitrogens with zero attached hydrogens (tertiary/aromatic N) is 2. The Bertz CT molecular complexity index is 761. The minimum atomic E-state index is -0.0643. The van der Waals surface area contributed by atoms with Crippen LogP contribution in [0.1, 0.15) is 26.2 Å². The predicted octanol–water partition coefficient (Wildman–Crippen LogP) is 2.44. The number of benzene rings is 1. The summed E-state index contributed by atoms with van der Waals surface area (Å²) in [4.78, 5) is 29.3. The molecule has 7 heteroatoms. The van der Waals surface area contributed by atoms with E-state index >= 15 is 0 Å². The number of hydrogen-bond donors (Lipinski definition) is 1. The summed E-state index contributed by atoms with van der Waals surface area (Å²) >= 11 is 1.31. The third kappa shape index (κ3) is 5.57. The number of aromatic nitrogens is 2. The Morgan fingerprint density at radius 2 is 2.12 bits per heavy atom. The van der Waals surface area contributed by atoms with Crippen LogP contribution in [0.15, 0.2) is 34.2 Å². The van der Waals surface area contributed by atoms with Crippen molar-refractivity contribution in [1.29, 1.82) is 0 Å². The van der Waals surface area contributed by atoms with Gasteiger partial charge in [0, 0.05) is 26.8 Å². The smallest absolute Gasteiger partial charge is 0.262 e. The number of rotatable bonds is 10. The summed E-state index contributed by atoms with van der Waals surface area (Å²) < 4.78 is 6.64. The molecule has 0 fully saturated rings. The Labute approximate surface area is 152 Å². The Hall–Kier alpha value is -1.86. The molecule has 136 valence electrons. The molecule has 1 aromatic heterocycles. The van der Waals surface area contributed by atoms with E-state index in [1.54, 1.807) is 17.7 Å². The third-order valence-corrected chi connectivity index (χ3v) is 4.72. The van der Waals surface area contributed by atoms with Crippen LogP contribution in [0, 0.1) is 0 Å². The zero-order valence-corrected chi connectivity index (χ0v) is 15.6. The quantitative estimate of drug-likeness (QED) is 0.399. The number of nitrogens with one attached hydrogen (secondary N) is 1. The maximum Gasteiger partial charge on any atom is 0.262 e. The van der Waals surface area contributed by atoms with Crippen LogP contribution in [0.2, 0.25) is 0 Å². The van der Waals surface area contributed by atoms with Crippen molar-refractivity contribution in [2.45, 2.75) is 37.9 Å². The highest BCUT2D eigenvalue weighted by atomic mass is 32.2. The van der Waals surface area contributed by atoms with Crippen LogP contribution in [0.25, 0.3) is 10.9 Å². The highest BCUT2D eigenvalue weighted by Crippen LogP contribution is 2.18. The van der Waals surface area contributed by atoms with Crippen molar-refractivity contribution in [2.24, 2.45) is 0 Å². The molecule has 0 bridgehead atoms. The van der Waals surface area contributed by atoms with Gasteiger partial charge in [-0.1, -0.05) is 37.2 Å². The highest BCUT2D eigenvalue weighted by Gasteiger charge is 2.12. The number of amides is 1. The van der Waals surface area contributed by atoms with Gasteiger partial charge in [-0.05, 0) is 25.0 Å². The number of ether oxygens (including phenoxy) is 1. The second-order valence-corrected chi connectivity index (χ2v) is 6.65. The molecule has 0 radical (unpaired) electrons. The van der Waals surface area contributed by atoms with Crippen molar-refractivity contribution < 1.29 is 9.53 Å². The van der Waals surface area contributed by atoms with Crippen LogP contribution in [0.4, 0.5) is 0 Å². The molecule has 1 aromatic carbocycles. The van der Waals surface area contributed by atoms with Gasteiger partial charge in [-0.2, -0.15) is 0 Å². The minimum Gasteiger partial charge on any atom is -0.385 e. The van der Waals surface area contributed by atoms with Crippen LogP contribution in [0.3, 0.4) is 0 Å². The normalized spacial score (nSPS) is 11.0. The average molecular weight is 363 g/mol. The number of carbonyl (C=O) groups excluding carboxylic acids is 1. The van der Waals surface area contributed by atoms with Crippen LogP contribution in [-0.4, -0.2) is 41.5 Å². The second kappa shape index (κ2) is 10.2. The van der Waals surface area contributed by atoms with Gasteiger partial charge in [0.1, 0.15) is 0 Å². The molecule has 0 aliphatic rings. The lowest BCUT2D eigenvalue weighted by molar-refractivity contribution is -0.118. The van der Waals surface area contributed by atoms with Gasteiger partial charge in [0.05, 0.1) is 16.7 Å². The van der Waals surface area contributed by atoms with E-state index in [9.17, 15) is 9.59 Å². The van der Waals surface area contributed by atoms with E-state index in [1.165, 1.54) is 11.8 Å². The number of thioether (sulfide) groups is 1. The van der Waals surface area contributed by atoms with Crippen molar-refractivity contribution in [3.8, 4) is 0 Å². The van der Waals surface area contributed by atoms with Gasteiger partial charge in [0.15, 0.2) is 5.16 Å². The number of unbranched alkanes of at least 4 members (excludes halogenated alkanes) is 1. The van der Waals surface area contributed by atoms with E-state index in [0.717, 1.165) is 19.3 Å². The second-order valence-electron chi connectivity index (χ2n) is 5.71. The van der Waals surface area contributed by atoms with E-state index < -0.39 is 0 Å². The zero-order valence-electron chi connectivity index (χ0n) is 14.8. The van der Waals surface area contributed by atoms with Gasteiger partial charge in [-0.3, -0.25) is 14.2 Å². The van der Waals surface area contributed by atoms with Gasteiger partial charge >= 0.3 is 0 Å². The Morgan fingerprint density at radius 3 is 2.88 bits per heavy atom. The minimum absolute atomic E-state index is 0.0398. The summed E-state index contributed by atoms with van der Waals surface area (Å²) in [5.41, 5.74) is 0.630. The van der Waals surface area contributed by atoms with Gasteiger partial charge in [0.2, 0.25) is 5.91 Å². The van der Waals surface area contributed by atoms with Crippen molar-refractivity contribution in [2.75, 3.05) is 26.0 Å². The molecule has 2 rings (SSSR count). The summed E-state index contributed by atoms with van der Waals surface area (Å²) in [6.45, 7) is 3.90. The van der Waals surface area contributed by atoms with Gasteiger partial charge in [-0.15, -0.1) is 0 Å². The lowest BCUT2D eigenvalue weighted by Gasteiger charge is -2.12. The highest BCUT2D eigenvalue weighted by molar-refractivity contribution is 7.99. The molecule has 0 saturated carbocycles. The third-order valence-electron chi connectivity index (χ3n) is 3.74. The molecular weight excluding hydrogens is 338 g/mol. The fourth-order valence-corrected chi connectivity index (χ4v) is 3.25. The molecule has 6 nitrogen and oxygen atoms in total. The first-order valence-electron chi connectivity index (χ1n) is 8.55. The van der Waals surface area contributed by atoms with E-state index in [-0.39, 0.29) is 17.2 Å². The first-order valence-corrected chi connectivity index (χ1v) is 9.54. The van der Waals surface area contributed by atoms with Gasteiger partial charge < -0.3 is 10.1 Å². The van der Waals surface area contributed by atoms with Crippen LogP contribution in [-0.2, 0) is 16.1 Å². The molecule has 0 unspecified atom stereocenters. The molecule has 1 N–H and O–H groups in total. The molecule has 25 heavy (non-hydrogen) atoms. The number of methoxy groups -OCH3 is 1. The van der Waals surface area contributed by atoms with Gasteiger partial charge in [-0.25, -0.2) is 4.98 Å². The number of fused-ring (bicyclic) bond motifs is 1. The van der Waals surface area contributed by atoms with E-state index in [1.807, 2.05) is 18.2 Å². The Kier molecular flexibility index (Phi) is 7.94. The molecule has 0 spiro atoms. The molecule has 0 aliphatic heterocycles. The Morgan fingerprint density at radius 1 is 1.32 bits per heavy atom. The first-order chi connectivity index (χ1) is 12.2. The van der Waals surface area contributed by atoms with E-state index in [2.05, 4.69) is 17.2 Å². The first kappa shape index (κ1) is 19.5. The maximum absolute atomic E-state index is 12.7. The van der Waals surface area contributed by atoms with Crippen molar-refractivity contribution in [3.63, 3.8) is 0 Å². The number of para-hydroxylation sites is 1. The predicted molar refractivity (Wildman–Crippen MR) is 101 cm³/mol. The monoisotopic (exact) mass is 363 g/mol.